The maximum atomic E-state index is 5.54. The van der Waals surface area contributed by atoms with Crippen molar-refractivity contribution < 1.29 is 4.74 Å². The van der Waals surface area contributed by atoms with Gasteiger partial charge >= 0.3 is 0 Å². The molecular weight excluding hydrogens is 186 g/mol. The first-order valence-electron chi connectivity index (χ1n) is 6.31. The predicted octanol–water partition coefficient (Wildman–Crippen LogP) is 2.83. The fourth-order valence-electron chi connectivity index (χ4n) is 2.26. The van der Waals surface area contributed by atoms with Crippen molar-refractivity contribution in [1.82, 2.24) is 5.32 Å². The lowest BCUT2D eigenvalue weighted by Crippen LogP contribution is -2.30. The van der Waals surface area contributed by atoms with E-state index in [4.69, 9.17) is 4.74 Å². The Balaban J connectivity index is 1.97. The molecule has 0 aliphatic heterocycles. The first-order chi connectivity index (χ1) is 6.99. The summed E-state index contributed by atoms with van der Waals surface area (Å²) >= 11 is 0. The number of ether oxygens (including phenoxy) is 1. The molecule has 1 N–H and O–H groups in total. The van der Waals surface area contributed by atoms with Crippen LogP contribution in [0.2, 0.25) is 0 Å². The second-order valence-corrected chi connectivity index (χ2v) is 6.03. The van der Waals surface area contributed by atoms with Gasteiger partial charge in [0.25, 0.3) is 0 Å². The van der Waals surface area contributed by atoms with Crippen LogP contribution in [0.15, 0.2) is 0 Å². The van der Waals surface area contributed by atoms with Gasteiger partial charge < -0.3 is 10.1 Å². The molecule has 0 aromatic rings. The van der Waals surface area contributed by atoms with Gasteiger partial charge in [-0.05, 0) is 30.6 Å². The first-order valence-corrected chi connectivity index (χ1v) is 6.31. The molecule has 15 heavy (non-hydrogen) atoms. The van der Waals surface area contributed by atoms with Crippen molar-refractivity contribution in [3.8, 4) is 0 Å². The second-order valence-electron chi connectivity index (χ2n) is 6.03. The van der Waals surface area contributed by atoms with Gasteiger partial charge in [0.2, 0.25) is 0 Å². The summed E-state index contributed by atoms with van der Waals surface area (Å²) in [6, 6.07) is 0.725. The zero-order chi connectivity index (χ0) is 11.3. The summed E-state index contributed by atoms with van der Waals surface area (Å²) in [6.45, 7) is 11.9. The van der Waals surface area contributed by atoms with E-state index in [9.17, 15) is 0 Å². The molecule has 2 heteroatoms. The molecule has 1 unspecified atom stereocenters. The van der Waals surface area contributed by atoms with Gasteiger partial charge in [0.05, 0.1) is 6.61 Å². The molecule has 1 rings (SSSR count). The summed E-state index contributed by atoms with van der Waals surface area (Å²) in [5, 5.41) is 3.59. The molecule has 1 aliphatic rings. The standard InChI is InChI=1S/C13H27NO/c1-11(2)10-15-8-7-14-12-5-6-13(3,4)9-12/h11-12,14H,5-10H2,1-4H3. The Morgan fingerprint density at radius 1 is 1.40 bits per heavy atom. The molecule has 0 aromatic carbocycles. The largest absolute Gasteiger partial charge is 0.380 e. The van der Waals surface area contributed by atoms with Crippen LogP contribution in [0.3, 0.4) is 0 Å². The van der Waals surface area contributed by atoms with Crippen LogP contribution >= 0.6 is 0 Å². The zero-order valence-electron chi connectivity index (χ0n) is 10.8. The Bertz CT molecular complexity index is 177. The van der Waals surface area contributed by atoms with Gasteiger partial charge in [-0.1, -0.05) is 27.7 Å². The molecule has 0 aromatic heterocycles. The van der Waals surface area contributed by atoms with Crippen molar-refractivity contribution in [2.24, 2.45) is 11.3 Å². The van der Waals surface area contributed by atoms with Crippen LogP contribution in [0.25, 0.3) is 0 Å². The predicted molar refractivity (Wildman–Crippen MR) is 65.1 cm³/mol. The molecule has 0 radical (unpaired) electrons. The Labute approximate surface area is 94.8 Å². The number of nitrogens with one attached hydrogen (secondary N) is 1. The van der Waals surface area contributed by atoms with Crippen molar-refractivity contribution in [3.63, 3.8) is 0 Å². The number of hydrogen-bond donors (Lipinski definition) is 1. The molecule has 2 nitrogen and oxygen atoms in total. The van der Waals surface area contributed by atoms with E-state index in [1.165, 1.54) is 19.3 Å². The highest BCUT2D eigenvalue weighted by atomic mass is 16.5. The molecule has 1 fully saturated rings. The second kappa shape index (κ2) is 5.86. The minimum atomic E-state index is 0.552. The number of rotatable bonds is 6. The molecular formula is C13H27NO. The quantitative estimate of drug-likeness (QED) is 0.685. The minimum absolute atomic E-state index is 0.552. The third-order valence-corrected chi connectivity index (χ3v) is 3.10. The van der Waals surface area contributed by atoms with Gasteiger partial charge in [-0.15, -0.1) is 0 Å². The summed E-state index contributed by atoms with van der Waals surface area (Å²) in [7, 11) is 0. The van der Waals surface area contributed by atoms with E-state index in [1.54, 1.807) is 0 Å². The topological polar surface area (TPSA) is 21.3 Å². The van der Waals surface area contributed by atoms with Crippen LogP contribution in [-0.2, 0) is 4.74 Å². The lowest BCUT2D eigenvalue weighted by atomic mass is 9.92. The summed E-state index contributed by atoms with van der Waals surface area (Å²) in [6.07, 6.45) is 4.01. The highest BCUT2D eigenvalue weighted by molar-refractivity contribution is 4.86. The van der Waals surface area contributed by atoms with E-state index in [2.05, 4.69) is 33.0 Å². The normalized spacial score (nSPS) is 25.0. The number of hydrogen-bond acceptors (Lipinski definition) is 2. The molecule has 0 saturated heterocycles. The molecule has 1 saturated carbocycles. The SMILES string of the molecule is CC(C)COCCNC1CCC(C)(C)C1. The minimum Gasteiger partial charge on any atom is -0.380 e. The highest BCUT2D eigenvalue weighted by Gasteiger charge is 2.30. The van der Waals surface area contributed by atoms with Gasteiger partial charge in [0.15, 0.2) is 0 Å². The van der Waals surface area contributed by atoms with Crippen LogP contribution in [0.1, 0.15) is 47.0 Å². The van der Waals surface area contributed by atoms with Gasteiger partial charge in [0, 0.05) is 19.2 Å². The lowest BCUT2D eigenvalue weighted by Gasteiger charge is -2.18. The maximum absolute atomic E-state index is 5.54. The summed E-state index contributed by atoms with van der Waals surface area (Å²) in [4.78, 5) is 0. The van der Waals surface area contributed by atoms with E-state index in [0.717, 1.165) is 25.8 Å². The highest BCUT2D eigenvalue weighted by Crippen LogP contribution is 2.36. The van der Waals surface area contributed by atoms with Gasteiger partial charge in [-0.2, -0.15) is 0 Å². The smallest absolute Gasteiger partial charge is 0.0591 e. The molecule has 90 valence electrons. The fraction of sp³-hybridized carbons (Fsp3) is 1.00. The van der Waals surface area contributed by atoms with E-state index in [1.807, 2.05) is 0 Å². The van der Waals surface area contributed by atoms with E-state index >= 15 is 0 Å². The van der Waals surface area contributed by atoms with E-state index in [0.29, 0.717) is 11.3 Å². The molecule has 1 aliphatic carbocycles. The zero-order valence-corrected chi connectivity index (χ0v) is 10.8. The van der Waals surface area contributed by atoms with Crippen molar-refractivity contribution >= 4 is 0 Å². The maximum Gasteiger partial charge on any atom is 0.0591 e. The third kappa shape index (κ3) is 5.53. The van der Waals surface area contributed by atoms with E-state index in [-0.39, 0.29) is 0 Å². The Morgan fingerprint density at radius 2 is 2.13 bits per heavy atom. The van der Waals surface area contributed by atoms with Crippen LogP contribution in [0.5, 0.6) is 0 Å². The average molecular weight is 213 g/mol. The molecule has 0 heterocycles. The van der Waals surface area contributed by atoms with Gasteiger partial charge in [-0.25, -0.2) is 0 Å². The molecule has 1 atom stereocenters. The Hall–Kier alpha value is -0.0800. The summed E-state index contributed by atoms with van der Waals surface area (Å²) in [5.74, 6) is 0.649. The summed E-state index contributed by atoms with van der Waals surface area (Å²) in [5.41, 5.74) is 0.552. The Morgan fingerprint density at radius 3 is 2.67 bits per heavy atom. The average Bonchev–Trinajstić information content (AvgIpc) is 2.44. The lowest BCUT2D eigenvalue weighted by molar-refractivity contribution is 0.110. The summed E-state index contributed by atoms with van der Waals surface area (Å²) < 4.78 is 5.54. The first kappa shape index (κ1) is 13.0. The van der Waals surface area contributed by atoms with Gasteiger partial charge in [0.1, 0.15) is 0 Å². The molecule has 0 spiro atoms. The molecule has 0 amide bonds. The van der Waals surface area contributed by atoms with Gasteiger partial charge in [-0.3, -0.25) is 0 Å². The fourth-order valence-corrected chi connectivity index (χ4v) is 2.26. The van der Waals surface area contributed by atoms with Crippen molar-refractivity contribution in [1.29, 1.82) is 0 Å². The molecule has 0 bridgehead atoms. The Kier molecular flexibility index (Phi) is 5.07. The monoisotopic (exact) mass is 213 g/mol. The van der Waals surface area contributed by atoms with Crippen molar-refractivity contribution in [2.75, 3.05) is 19.8 Å². The van der Waals surface area contributed by atoms with Crippen molar-refractivity contribution in [2.45, 2.75) is 53.0 Å². The van der Waals surface area contributed by atoms with Crippen molar-refractivity contribution in [3.05, 3.63) is 0 Å². The van der Waals surface area contributed by atoms with Crippen LogP contribution in [-0.4, -0.2) is 25.8 Å². The van der Waals surface area contributed by atoms with E-state index < -0.39 is 0 Å². The van der Waals surface area contributed by atoms with Crippen LogP contribution < -0.4 is 5.32 Å². The van der Waals surface area contributed by atoms with Crippen LogP contribution in [0.4, 0.5) is 0 Å². The third-order valence-electron chi connectivity index (χ3n) is 3.10. The van der Waals surface area contributed by atoms with Crippen LogP contribution in [0, 0.1) is 11.3 Å².